The number of pyridine rings is 1. The first-order valence-corrected chi connectivity index (χ1v) is 11.1. The zero-order valence-electron chi connectivity index (χ0n) is 16.4. The Morgan fingerprint density at radius 2 is 1.83 bits per heavy atom. The van der Waals surface area contributed by atoms with Gasteiger partial charge < -0.3 is 4.74 Å². The molecule has 1 aromatic carbocycles. The number of ether oxygens (including phenoxy) is 1. The van der Waals surface area contributed by atoms with E-state index in [1.54, 1.807) is 42.6 Å². The van der Waals surface area contributed by atoms with Gasteiger partial charge in [-0.05, 0) is 36.4 Å². The van der Waals surface area contributed by atoms with Gasteiger partial charge in [0.05, 0.1) is 17.8 Å². The van der Waals surface area contributed by atoms with Gasteiger partial charge in [-0.1, -0.05) is 25.6 Å². The second-order valence-electron chi connectivity index (χ2n) is 6.70. The van der Waals surface area contributed by atoms with Crippen molar-refractivity contribution < 1.29 is 4.74 Å². The number of hydrogen-bond donors (Lipinski definition) is 0. The van der Waals surface area contributed by atoms with Gasteiger partial charge in [0.25, 0.3) is 0 Å². The molecule has 0 aliphatic carbocycles. The van der Waals surface area contributed by atoms with Crippen molar-refractivity contribution in [2.75, 3.05) is 7.11 Å². The minimum Gasteiger partial charge on any atom is -0.497 e. The zero-order chi connectivity index (χ0) is 20.2. The molecule has 148 valence electrons. The van der Waals surface area contributed by atoms with Crippen LogP contribution in [0, 0.1) is 0 Å². The topological polar surface area (TPSA) is 65.7 Å². The molecule has 0 N–H and O–H groups in total. The standard InChI is InChI=1S/C21H21N5OS2/c1-14(2)20-23-16(12-28-20)13-29-21-25-24-19(15-8-10-22-11-9-15)26(21)17-4-6-18(27-3)7-5-17/h4-12,14H,13H2,1-3H3. The summed E-state index contributed by atoms with van der Waals surface area (Å²) in [5, 5.41) is 13.0. The van der Waals surface area contributed by atoms with Crippen LogP contribution < -0.4 is 4.74 Å². The van der Waals surface area contributed by atoms with E-state index >= 15 is 0 Å². The molecular formula is C21H21N5OS2. The Hall–Kier alpha value is -2.71. The quantitative estimate of drug-likeness (QED) is 0.380. The van der Waals surface area contributed by atoms with Crippen molar-refractivity contribution in [1.82, 2.24) is 24.7 Å². The Morgan fingerprint density at radius 3 is 2.48 bits per heavy atom. The van der Waals surface area contributed by atoms with Gasteiger partial charge >= 0.3 is 0 Å². The maximum absolute atomic E-state index is 5.30. The van der Waals surface area contributed by atoms with Crippen LogP contribution in [0.5, 0.6) is 5.75 Å². The van der Waals surface area contributed by atoms with Gasteiger partial charge in [-0.15, -0.1) is 21.5 Å². The molecule has 0 amide bonds. The number of thiazole rings is 1. The van der Waals surface area contributed by atoms with Crippen molar-refractivity contribution in [3.8, 4) is 22.8 Å². The summed E-state index contributed by atoms with van der Waals surface area (Å²) in [6, 6.07) is 11.8. The summed E-state index contributed by atoms with van der Waals surface area (Å²) in [7, 11) is 1.66. The smallest absolute Gasteiger partial charge is 0.196 e. The molecule has 0 radical (unpaired) electrons. The van der Waals surface area contributed by atoms with Crippen molar-refractivity contribution in [2.24, 2.45) is 0 Å². The fourth-order valence-corrected chi connectivity index (χ4v) is 4.59. The molecule has 0 bridgehead atoms. The lowest BCUT2D eigenvalue weighted by atomic mass is 10.2. The molecule has 0 aliphatic rings. The molecule has 0 atom stereocenters. The predicted molar refractivity (Wildman–Crippen MR) is 117 cm³/mol. The third kappa shape index (κ3) is 4.33. The third-order valence-corrected chi connectivity index (χ3v) is 6.47. The van der Waals surface area contributed by atoms with Crippen molar-refractivity contribution in [2.45, 2.75) is 30.7 Å². The molecule has 0 saturated heterocycles. The highest BCUT2D eigenvalue weighted by atomic mass is 32.2. The normalized spacial score (nSPS) is 11.2. The van der Waals surface area contributed by atoms with Gasteiger partial charge in [0.15, 0.2) is 11.0 Å². The fourth-order valence-electron chi connectivity index (χ4n) is 2.81. The van der Waals surface area contributed by atoms with Gasteiger partial charge in [0.1, 0.15) is 5.75 Å². The Morgan fingerprint density at radius 1 is 1.07 bits per heavy atom. The van der Waals surface area contributed by atoms with Crippen molar-refractivity contribution in [3.63, 3.8) is 0 Å². The molecule has 0 spiro atoms. The highest BCUT2D eigenvalue weighted by molar-refractivity contribution is 7.98. The number of rotatable bonds is 7. The molecule has 0 aliphatic heterocycles. The van der Waals surface area contributed by atoms with Crippen LogP contribution in [0.3, 0.4) is 0 Å². The van der Waals surface area contributed by atoms with Gasteiger partial charge in [0.2, 0.25) is 0 Å². The fraction of sp³-hybridized carbons (Fsp3) is 0.238. The van der Waals surface area contributed by atoms with Crippen LogP contribution in [-0.4, -0.2) is 31.8 Å². The van der Waals surface area contributed by atoms with E-state index in [1.165, 1.54) is 0 Å². The number of methoxy groups -OCH3 is 1. The highest BCUT2D eigenvalue weighted by Gasteiger charge is 2.17. The lowest BCUT2D eigenvalue weighted by molar-refractivity contribution is 0.414. The van der Waals surface area contributed by atoms with E-state index in [4.69, 9.17) is 9.72 Å². The molecule has 4 rings (SSSR count). The van der Waals surface area contributed by atoms with E-state index in [2.05, 4.69) is 39.0 Å². The number of hydrogen-bond acceptors (Lipinski definition) is 7. The highest BCUT2D eigenvalue weighted by Crippen LogP contribution is 2.31. The Bertz CT molecular complexity index is 1070. The van der Waals surface area contributed by atoms with Crippen LogP contribution in [0.15, 0.2) is 59.3 Å². The second-order valence-corrected chi connectivity index (χ2v) is 8.53. The summed E-state index contributed by atoms with van der Waals surface area (Å²) in [5.41, 5.74) is 3.01. The third-order valence-electron chi connectivity index (χ3n) is 4.32. The molecule has 3 aromatic heterocycles. The SMILES string of the molecule is COc1ccc(-n2c(SCc3csc(C(C)C)n3)nnc2-c2ccncc2)cc1. The van der Waals surface area contributed by atoms with Crippen LogP contribution in [0.2, 0.25) is 0 Å². The summed E-state index contributed by atoms with van der Waals surface area (Å²) >= 11 is 3.34. The van der Waals surface area contributed by atoms with Crippen molar-refractivity contribution in [3.05, 3.63) is 64.9 Å². The number of benzene rings is 1. The average Bonchev–Trinajstić information content (AvgIpc) is 3.40. The van der Waals surface area contributed by atoms with Gasteiger partial charge in [0, 0.05) is 40.7 Å². The number of nitrogens with zero attached hydrogens (tertiary/aromatic N) is 5. The van der Waals surface area contributed by atoms with Crippen LogP contribution >= 0.6 is 23.1 Å². The molecule has 29 heavy (non-hydrogen) atoms. The summed E-state index contributed by atoms with van der Waals surface area (Å²) in [4.78, 5) is 8.84. The summed E-state index contributed by atoms with van der Waals surface area (Å²) in [6.45, 7) is 4.33. The largest absolute Gasteiger partial charge is 0.497 e. The zero-order valence-corrected chi connectivity index (χ0v) is 18.1. The molecule has 0 unspecified atom stereocenters. The molecule has 0 saturated carbocycles. The van der Waals surface area contributed by atoms with E-state index in [0.717, 1.165) is 44.4 Å². The maximum Gasteiger partial charge on any atom is 0.196 e. The second kappa shape index (κ2) is 8.75. The minimum atomic E-state index is 0.444. The lowest BCUT2D eigenvalue weighted by Crippen LogP contribution is -2.00. The summed E-state index contributed by atoms with van der Waals surface area (Å²) in [6.07, 6.45) is 3.52. The molecule has 3 heterocycles. The van der Waals surface area contributed by atoms with Gasteiger partial charge in [-0.2, -0.15) is 0 Å². The molecule has 6 nitrogen and oxygen atoms in total. The summed E-state index contributed by atoms with van der Waals surface area (Å²) < 4.78 is 7.36. The first-order chi connectivity index (χ1) is 14.2. The predicted octanol–water partition coefficient (Wildman–Crippen LogP) is 5.21. The summed E-state index contributed by atoms with van der Waals surface area (Å²) in [5.74, 6) is 2.78. The Balaban J connectivity index is 1.68. The van der Waals surface area contributed by atoms with E-state index in [0.29, 0.717) is 5.92 Å². The van der Waals surface area contributed by atoms with Crippen molar-refractivity contribution in [1.29, 1.82) is 0 Å². The molecule has 0 fully saturated rings. The van der Waals surface area contributed by atoms with Crippen LogP contribution in [-0.2, 0) is 5.75 Å². The Labute approximate surface area is 178 Å². The van der Waals surface area contributed by atoms with E-state index in [9.17, 15) is 0 Å². The molecular weight excluding hydrogens is 402 g/mol. The van der Waals surface area contributed by atoms with Gasteiger partial charge in [-0.3, -0.25) is 9.55 Å². The first kappa shape index (κ1) is 19.6. The lowest BCUT2D eigenvalue weighted by Gasteiger charge is -2.11. The Kier molecular flexibility index (Phi) is 5.92. The van der Waals surface area contributed by atoms with Gasteiger partial charge in [-0.25, -0.2) is 4.98 Å². The monoisotopic (exact) mass is 423 g/mol. The minimum absolute atomic E-state index is 0.444. The van der Waals surface area contributed by atoms with Crippen LogP contribution in [0.4, 0.5) is 0 Å². The van der Waals surface area contributed by atoms with E-state index < -0.39 is 0 Å². The average molecular weight is 424 g/mol. The first-order valence-electron chi connectivity index (χ1n) is 9.23. The number of thioether (sulfide) groups is 1. The van der Waals surface area contributed by atoms with E-state index in [-0.39, 0.29) is 0 Å². The van der Waals surface area contributed by atoms with E-state index in [1.807, 2.05) is 36.4 Å². The van der Waals surface area contributed by atoms with Crippen molar-refractivity contribution >= 4 is 23.1 Å². The maximum atomic E-state index is 5.30. The van der Waals surface area contributed by atoms with Crippen LogP contribution in [0.1, 0.15) is 30.5 Å². The molecule has 4 aromatic rings. The molecule has 8 heteroatoms. The van der Waals surface area contributed by atoms with Crippen LogP contribution in [0.25, 0.3) is 17.1 Å². The number of aromatic nitrogens is 5.